The predicted molar refractivity (Wildman–Crippen MR) is 97.5 cm³/mol. The van der Waals surface area contributed by atoms with Gasteiger partial charge in [0.15, 0.2) is 6.20 Å². The first-order valence-corrected chi connectivity index (χ1v) is 8.98. The Bertz CT molecular complexity index is 606. The average molecular weight is 318 g/mol. The van der Waals surface area contributed by atoms with Crippen LogP contribution in [0.3, 0.4) is 0 Å². The molecule has 1 N–H and O–H groups in total. The van der Waals surface area contributed by atoms with Gasteiger partial charge < -0.3 is 5.32 Å². The standard InChI is InChI=1S/C17H20N2S2/c1-14(17-5-3-4-11-19(17)2)13-15-6-8-16(9-7-15)18-10-12-21-20/h3-9,11,13,20H,10,12H2,1-2H3/p+1. The lowest BCUT2D eigenvalue weighted by molar-refractivity contribution is -0.673. The van der Waals surface area contributed by atoms with Crippen molar-refractivity contribution in [3.63, 3.8) is 0 Å². The van der Waals surface area contributed by atoms with Crippen LogP contribution in [0.5, 0.6) is 0 Å². The minimum atomic E-state index is 0.933. The van der Waals surface area contributed by atoms with Crippen LogP contribution in [0.2, 0.25) is 0 Å². The van der Waals surface area contributed by atoms with Gasteiger partial charge in [-0.3, -0.25) is 0 Å². The molecule has 0 saturated heterocycles. The van der Waals surface area contributed by atoms with Gasteiger partial charge in [0, 0.05) is 35.7 Å². The smallest absolute Gasteiger partial charge is 0.207 e. The van der Waals surface area contributed by atoms with Crippen molar-refractivity contribution in [2.24, 2.45) is 7.05 Å². The molecule has 1 aromatic heterocycles. The number of anilines is 1. The van der Waals surface area contributed by atoms with Crippen molar-refractivity contribution in [1.29, 1.82) is 0 Å². The van der Waals surface area contributed by atoms with Crippen molar-refractivity contribution in [1.82, 2.24) is 0 Å². The minimum absolute atomic E-state index is 0.933. The second-order valence-electron chi connectivity index (χ2n) is 4.91. The van der Waals surface area contributed by atoms with E-state index < -0.39 is 0 Å². The Hall–Kier alpha value is -1.39. The van der Waals surface area contributed by atoms with Crippen LogP contribution in [-0.2, 0) is 7.05 Å². The number of hydrogen-bond donors (Lipinski definition) is 2. The zero-order chi connectivity index (χ0) is 15.1. The molecule has 0 spiro atoms. The molecule has 2 nitrogen and oxygen atoms in total. The molecule has 0 fully saturated rings. The van der Waals surface area contributed by atoms with Crippen LogP contribution in [0, 0.1) is 0 Å². The van der Waals surface area contributed by atoms with Gasteiger partial charge in [-0.1, -0.05) is 22.9 Å². The third-order valence-electron chi connectivity index (χ3n) is 3.28. The molecule has 0 aliphatic carbocycles. The number of allylic oxidation sites excluding steroid dienone is 1. The predicted octanol–water partition coefficient (Wildman–Crippen LogP) is 4.06. The van der Waals surface area contributed by atoms with Gasteiger partial charge in [0.05, 0.1) is 0 Å². The van der Waals surface area contributed by atoms with Crippen molar-refractivity contribution in [2.75, 3.05) is 17.6 Å². The third kappa shape index (κ3) is 4.83. The Morgan fingerprint density at radius 1 is 1.24 bits per heavy atom. The monoisotopic (exact) mass is 317 g/mol. The van der Waals surface area contributed by atoms with Crippen molar-refractivity contribution in [2.45, 2.75) is 6.92 Å². The second kappa shape index (κ2) is 8.15. The van der Waals surface area contributed by atoms with E-state index in [0.717, 1.165) is 18.0 Å². The van der Waals surface area contributed by atoms with Gasteiger partial charge in [-0.05, 0) is 36.8 Å². The van der Waals surface area contributed by atoms with Gasteiger partial charge in [0.1, 0.15) is 7.05 Å². The van der Waals surface area contributed by atoms with E-state index in [9.17, 15) is 0 Å². The van der Waals surface area contributed by atoms with E-state index in [4.69, 9.17) is 0 Å². The zero-order valence-electron chi connectivity index (χ0n) is 12.4. The summed E-state index contributed by atoms with van der Waals surface area (Å²) in [7, 11) is 3.62. The highest BCUT2D eigenvalue weighted by molar-refractivity contribution is 8.68. The van der Waals surface area contributed by atoms with Gasteiger partial charge in [0.25, 0.3) is 0 Å². The number of nitrogens with zero attached hydrogens (tertiary/aromatic N) is 1. The number of benzene rings is 1. The fourth-order valence-corrected chi connectivity index (χ4v) is 2.66. The molecule has 0 saturated carbocycles. The molecule has 4 heteroatoms. The van der Waals surface area contributed by atoms with E-state index in [0.29, 0.717) is 0 Å². The first-order chi connectivity index (χ1) is 10.2. The average Bonchev–Trinajstić information content (AvgIpc) is 2.49. The fraction of sp³-hybridized carbons (Fsp3) is 0.235. The van der Waals surface area contributed by atoms with Crippen LogP contribution in [-0.4, -0.2) is 12.3 Å². The summed E-state index contributed by atoms with van der Waals surface area (Å²) in [5.41, 5.74) is 4.85. The molecule has 0 radical (unpaired) electrons. The van der Waals surface area contributed by atoms with Crippen LogP contribution in [0.1, 0.15) is 18.2 Å². The molecule has 0 atom stereocenters. The Kier molecular flexibility index (Phi) is 6.21. The summed E-state index contributed by atoms with van der Waals surface area (Å²) >= 11 is 4.13. The molecule has 2 rings (SSSR count). The summed E-state index contributed by atoms with van der Waals surface area (Å²) in [5, 5.41) is 3.37. The number of nitrogens with one attached hydrogen (secondary N) is 1. The Balaban J connectivity index is 2.08. The summed E-state index contributed by atoms with van der Waals surface area (Å²) in [5.74, 6) is 0.994. The minimum Gasteiger partial charge on any atom is -0.384 e. The first kappa shape index (κ1) is 16.0. The van der Waals surface area contributed by atoms with Crippen LogP contribution in [0.25, 0.3) is 11.6 Å². The molecule has 1 aromatic carbocycles. The van der Waals surface area contributed by atoms with E-state index in [1.165, 1.54) is 16.8 Å². The van der Waals surface area contributed by atoms with Crippen LogP contribution < -0.4 is 9.88 Å². The summed E-state index contributed by atoms with van der Waals surface area (Å²) in [6.07, 6.45) is 4.28. The van der Waals surface area contributed by atoms with Gasteiger partial charge in [0.2, 0.25) is 5.69 Å². The summed E-state index contributed by atoms with van der Waals surface area (Å²) in [4.78, 5) is 0. The van der Waals surface area contributed by atoms with Crippen molar-refractivity contribution in [3.8, 4) is 0 Å². The van der Waals surface area contributed by atoms with Gasteiger partial charge in [-0.15, -0.1) is 11.7 Å². The molecule has 2 aromatic rings. The number of thiol groups is 1. The van der Waals surface area contributed by atoms with E-state index in [2.05, 4.69) is 84.2 Å². The largest absolute Gasteiger partial charge is 0.384 e. The van der Waals surface area contributed by atoms with Gasteiger partial charge in [-0.25, -0.2) is 4.57 Å². The summed E-state index contributed by atoms with van der Waals surface area (Å²) in [6, 6.07) is 14.8. The molecular formula is C17H21N2S2+. The number of pyridine rings is 1. The quantitative estimate of drug-likeness (QED) is 0.362. The Morgan fingerprint density at radius 2 is 2.00 bits per heavy atom. The van der Waals surface area contributed by atoms with Crippen LogP contribution in [0.4, 0.5) is 5.69 Å². The number of hydrogen-bond acceptors (Lipinski definition) is 3. The van der Waals surface area contributed by atoms with E-state index in [1.54, 1.807) is 10.8 Å². The normalized spacial score (nSPS) is 11.5. The molecule has 0 unspecified atom stereocenters. The molecule has 0 bridgehead atoms. The molecule has 0 aliphatic rings. The second-order valence-corrected chi connectivity index (χ2v) is 6.35. The lowest BCUT2D eigenvalue weighted by Gasteiger charge is -2.05. The lowest BCUT2D eigenvalue weighted by Crippen LogP contribution is -2.31. The SMILES string of the molecule is C/C(=C\c1ccc(NCCSS)cc1)c1cccc[n+]1C. The maximum Gasteiger partial charge on any atom is 0.207 e. The van der Waals surface area contributed by atoms with Crippen LogP contribution >= 0.6 is 22.5 Å². The highest BCUT2D eigenvalue weighted by Crippen LogP contribution is 2.16. The first-order valence-electron chi connectivity index (χ1n) is 6.94. The van der Waals surface area contributed by atoms with Gasteiger partial charge >= 0.3 is 0 Å². The summed E-state index contributed by atoms with van der Waals surface area (Å²) < 4.78 is 2.14. The van der Waals surface area contributed by atoms with E-state index in [1.807, 2.05) is 6.07 Å². The molecular weight excluding hydrogens is 296 g/mol. The van der Waals surface area contributed by atoms with Gasteiger partial charge in [-0.2, -0.15) is 0 Å². The van der Waals surface area contributed by atoms with Crippen molar-refractivity contribution >= 4 is 39.8 Å². The number of aryl methyl sites for hydroxylation is 1. The molecule has 21 heavy (non-hydrogen) atoms. The van der Waals surface area contributed by atoms with Crippen molar-refractivity contribution in [3.05, 3.63) is 59.9 Å². The maximum absolute atomic E-state index is 4.13. The fourth-order valence-electron chi connectivity index (χ4n) is 2.20. The maximum atomic E-state index is 4.13. The van der Waals surface area contributed by atoms with Crippen molar-refractivity contribution < 1.29 is 4.57 Å². The third-order valence-corrected chi connectivity index (χ3v) is 4.21. The highest BCUT2D eigenvalue weighted by atomic mass is 33.1. The van der Waals surface area contributed by atoms with E-state index in [-0.39, 0.29) is 0 Å². The number of aromatic nitrogens is 1. The molecule has 1 heterocycles. The zero-order valence-corrected chi connectivity index (χ0v) is 14.1. The molecule has 0 amide bonds. The Morgan fingerprint density at radius 3 is 2.67 bits per heavy atom. The highest BCUT2D eigenvalue weighted by Gasteiger charge is 2.06. The summed E-state index contributed by atoms with van der Waals surface area (Å²) in [6.45, 7) is 3.08. The lowest BCUT2D eigenvalue weighted by atomic mass is 10.1. The van der Waals surface area contributed by atoms with E-state index >= 15 is 0 Å². The molecule has 0 aliphatic heterocycles. The number of rotatable bonds is 6. The topological polar surface area (TPSA) is 15.9 Å². The Labute approximate surface area is 136 Å². The molecule has 110 valence electrons. The van der Waals surface area contributed by atoms with Crippen LogP contribution in [0.15, 0.2) is 48.7 Å².